The van der Waals surface area contributed by atoms with E-state index >= 15 is 0 Å². The summed E-state index contributed by atoms with van der Waals surface area (Å²) in [6, 6.07) is 5.20. The zero-order valence-corrected chi connectivity index (χ0v) is 10.6. The van der Waals surface area contributed by atoms with Crippen LogP contribution in [0.4, 0.5) is 0 Å². The predicted octanol–water partition coefficient (Wildman–Crippen LogP) is 3.94. The van der Waals surface area contributed by atoms with Crippen LogP contribution in [0.25, 0.3) is 0 Å². The van der Waals surface area contributed by atoms with E-state index in [1.54, 1.807) is 18.2 Å². The van der Waals surface area contributed by atoms with Crippen LogP contribution in [0.3, 0.4) is 0 Å². The van der Waals surface area contributed by atoms with E-state index in [-0.39, 0.29) is 6.10 Å². The summed E-state index contributed by atoms with van der Waals surface area (Å²) in [6.07, 6.45) is 2.64. The van der Waals surface area contributed by atoms with Crippen molar-refractivity contribution >= 4 is 23.2 Å². The van der Waals surface area contributed by atoms with Gasteiger partial charge in [-0.1, -0.05) is 23.2 Å². The zero-order chi connectivity index (χ0) is 11.5. The topological polar surface area (TPSA) is 18.5 Å². The van der Waals surface area contributed by atoms with E-state index in [9.17, 15) is 0 Å². The Labute approximate surface area is 105 Å². The number of hydrogen-bond acceptors (Lipinski definition) is 2. The third kappa shape index (κ3) is 3.03. The summed E-state index contributed by atoms with van der Waals surface area (Å²) >= 11 is 11.9. The third-order valence-corrected chi connectivity index (χ3v) is 3.19. The first kappa shape index (κ1) is 12.0. The number of benzene rings is 1. The van der Waals surface area contributed by atoms with Gasteiger partial charge in [-0.2, -0.15) is 0 Å². The van der Waals surface area contributed by atoms with Crippen molar-refractivity contribution in [3.05, 3.63) is 28.2 Å². The predicted molar refractivity (Wildman–Crippen MR) is 65.5 cm³/mol. The molecule has 2 nitrogen and oxygen atoms in total. The van der Waals surface area contributed by atoms with Crippen molar-refractivity contribution in [3.63, 3.8) is 0 Å². The van der Waals surface area contributed by atoms with Crippen LogP contribution in [-0.4, -0.2) is 18.8 Å². The molecule has 0 aliphatic carbocycles. The maximum absolute atomic E-state index is 5.99. The molecule has 2 unspecified atom stereocenters. The minimum atomic E-state index is 0.171. The number of halogens is 2. The lowest BCUT2D eigenvalue weighted by atomic mass is 10.2. The van der Waals surface area contributed by atoms with Crippen LogP contribution in [-0.2, 0) is 4.74 Å². The summed E-state index contributed by atoms with van der Waals surface area (Å²) < 4.78 is 11.3. The molecule has 0 saturated carbocycles. The Bertz CT molecular complexity index is 368. The van der Waals surface area contributed by atoms with Crippen molar-refractivity contribution in [2.45, 2.75) is 32.0 Å². The minimum Gasteiger partial charge on any atom is -0.489 e. The standard InChI is InChI=1S/C12H14Cl2O2/c1-8-2-4-10(16-8)7-15-12-6-9(13)3-5-11(12)14/h3,5-6,8,10H,2,4,7H2,1H3. The molecule has 0 radical (unpaired) electrons. The molecule has 1 aromatic carbocycles. The SMILES string of the molecule is CC1CCC(COc2cc(Cl)ccc2Cl)O1. The first-order valence-electron chi connectivity index (χ1n) is 5.38. The van der Waals surface area contributed by atoms with Crippen molar-refractivity contribution in [1.82, 2.24) is 0 Å². The number of hydrogen-bond donors (Lipinski definition) is 0. The van der Waals surface area contributed by atoms with Crippen LogP contribution >= 0.6 is 23.2 Å². The van der Waals surface area contributed by atoms with Gasteiger partial charge in [-0.05, 0) is 31.9 Å². The molecule has 2 rings (SSSR count). The molecule has 0 amide bonds. The van der Waals surface area contributed by atoms with Crippen molar-refractivity contribution < 1.29 is 9.47 Å². The average Bonchev–Trinajstić information content (AvgIpc) is 2.66. The zero-order valence-electron chi connectivity index (χ0n) is 9.08. The van der Waals surface area contributed by atoms with Crippen LogP contribution in [0.1, 0.15) is 19.8 Å². The molecular weight excluding hydrogens is 247 g/mol. The molecular formula is C12H14Cl2O2. The smallest absolute Gasteiger partial charge is 0.139 e. The lowest BCUT2D eigenvalue weighted by molar-refractivity contribution is 0.0265. The van der Waals surface area contributed by atoms with Gasteiger partial charge in [0.15, 0.2) is 0 Å². The van der Waals surface area contributed by atoms with Crippen molar-refractivity contribution in [1.29, 1.82) is 0 Å². The fourth-order valence-corrected chi connectivity index (χ4v) is 2.11. The van der Waals surface area contributed by atoms with Gasteiger partial charge in [0, 0.05) is 11.1 Å². The van der Waals surface area contributed by atoms with Gasteiger partial charge in [-0.25, -0.2) is 0 Å². The largest absolute Gasteiger partial charge is 0.489 e. The highest BCUT2D eigenvalue weighted by Crippen LogP contribution is 2.28. The van der Waals surface area contributed by atoms with Crippen LogP contribution < -0.4 is 4.74 Å². The molecule has 1 aliphatic heterocycles. The molecule has 0 spiro atoms. The maximum atomic E-state index is 5.99. The quantitative estimate of drug-likeness (QED) is 0.820. The molecule has 0 bridgehead atoms. The molecule has 88 valence electrons. The van der Waals surface area contributed by atoms with E-state index in [1.807, 2.05) is 0 Å². The molecule has 0 aromatic heterocycles. The van der Waals surface area contributed by atoms with E-state index in [0.717, 1.165) is 12.8 Å². The Hall–Kier alpha value is -0.440. The first-order chi connectivity index (χ1) is 7.65. The molecule has 4 heteroatoms. The van der Waals surface area contributed by atoms with Gasteiger partial charge in [0.25, 0.3) is 0 Å². The Morgan fingerprint density at radius 2 is 2.19 bits per heavy atom. The second-order valence-electron chi connectivity index (χ2n) is 4.03. The lowest BCUT2D eigenvalue weighted by Crippen LogP contribution is -2.17. The normalized spacial score (nSPS) is 24.7. The van der Waals surface area contributed by atoms with Crippen LogP contribution in [0, 0.1) is 0 Å². The summed E-state index contributed by atoms with van der Waals surface area (Å²) in [5.41, 5.74) is 0. The van der Waals surface area contributed by atoms with Gasteiger partial charge >= 0.3 is 0 Å². The second-order valence-corrected chi connectivity index (χ2v) is 4.88. The van der Waals surface area contributed by atoms with E-state index in [2.05, 4.69) is 6.92 Å². The first-order valence-corrected chi connectivity index (χ1v) is 6.14. The van der Waals surface area contributed by atoms with E-state index in [4.69, 9.17) is 32.7 Å². The van der Waals surface area contributed by atoms with Crippen LogP contribution in [0.2, 0.25) is 10.0 Å². The average molecular weight is 261 g/mol. The van der Waals surface area contributed by atoms with Gasteiger partial charge in [-0.15, -0.1) is 0 Å². The third-order valence-electron chi connectivity index (χ3n) is 2.64. The number of rotatable bonds is 3. The monoisotopic (exact) mass is 260 g/mol. The summed E-state index contributed by atoms with van der Waals surface area (Å²) in [5, 5.41) is 1.20. The number of ether oxygens (including phenoxy) is 2. The Kier molecular flexibility index (Phi) is 3.95. The highest BCUT2D eigenvalue weighted by atomic mass is 35.5. The molecule has 16 heavy (non-hydrogen) atoms. The highest BCUT2D eigenvalue weighted by molar-refractivity contribution is 6.34. The van der Waals surface area contributed by atoms with Gasteiger partial charge in [-0.3, -0.25) is 0 Å². The fourth-order valence-electron chi connectivity index (χ4n) is 1.78. The van der Waals surface area contributed by atoms with E-state index < -0.39 is 0 Å². The summed E-state index contributed by atoms with van der Waals surface area (Å²) in [6.45, 7) is 2.61. The van der Waals surface area contributed by atoms with Crippen molar-refractivity contribution in [2.75, 3.05) is 6.61 Å². The molecule has 2 atom stereocenters. The lowest BCUT2D eigenvalue weighted by Gasteiger charge is -2.13. The van der Waals surface area contributed by atoms with E-state index in [1.165, 1.54) is 0 Å². The summed E-state index contributed by atoms with van der Waals surface area (Å²) in [7, 11) is 0. The van der Waals surface area contributed by atoms with Crippen LogP contribution in [0.5, 0.6) is 5.75 Å². The minimum absolute atomic E-state index is 0.171. The van der Waals surface area contributed by atoms with Gasteiger partial charge in [0.2, 0.25) is 0 Å². The van der Waals surface area contributed by atoms with Crippen molar-refractivity contribution in [2.24, 2.45) is 0 Å². The molecule has 1 saturated heterocycles. The molecule has 1 fully saturated rings. The Balaban J connectivity index is 1.91. The van der Waals surface area contributed by atoms with Gasteiger partial charge < -0.3 is 9.47 Å². The van der Waals surface area contributed by atoms with Crippen LogP contribution in [0.15, 0.2) is 18.2 Å². The van der Waals surface area contributed by atoms with Crippen molar-refractivity contribution in [3.8, 4) is 5.75 Å². The molecule has 0 N–H and O–H groups in total. The molecule has 1 aromatic rings. The van der Waals surface area contributed by atoms with Gasteiger partial charge in [0.1, 0.15) is 12.4 Å². The van der Waals surface area contributed by atoms with Gasteiger partial charge in [0.05, 0.1) is 17.2 Å². The highest BCUT2D eigenvalue weighted by Gasteiger charge is 2.22. The molecule has 1 aliphatic rings. The summed E-state index contributed by atoms with van der Waals surface area (Å²) in [5.74, 6) is 0.623. The second kappa shape index (κ2) is 5.26. The molecule has 1 heterocycles. The maximum Gasteiger partial charge on any atom is 0.139 e. The Morgan fingerprint density at radius 3 is 2.88 bits per heavy atom. The summed E-state index contributed by atoms with van der Waals surface area (Å²) in [4.78, 5) is 0. The van der Waals surface area contributed by atoms with E-state index in [0.29, 0.717) is 28.5 Å². The fraction of sp³-hybridized carbons (Fsp3) is 0.500. The Morgan fingerprint density at radius 1 is 1.38 bits per heavy atom.